The number of aromatic nitrogens is 1. The van der Waals surface area contributed by atoms with E-state index in [9.17, 15) is 4.79 Å². The van der Waals surface area contributed by atoms with Crippen LogP contribution < -0.4 is 5.73 Å². The molecule has 4 nitrogen and oxygen atoms in total. The van der Waals surface area contributed by atoms with Crippen LogP contribution in [0.5, 0.6) is 0 Å². The van der Waals surface area contributed by atoms with Crippen molar-refractivity contribution in [2.45, 2.75) is 12.5 Å². The quantitative estimate of drug-likeness (QED) is 0.530. The Morgan fingerprint density at radius 1 is 1.04 bits per heavy atom. The van der Waals surface area contributed by atoms with Crippen LogP contribution in [0, 0.1) is 0 Å². The van der Waals surface area contributed by atoms with Crippen LogP contribution in [0.4, 0.5) is 0 Å². The van der Waals surface area contributed by atoms with Gasteiger partial charge in [-0.15, -0.1) is 0 Å². The summed E-state index contributed by atoms with van der Waals surface area (Å²) >= 11 is 0. The lowest BCUT2D eigenvalue weighted by atomic mass is 9.98. The van der Waals surface area contributed by atoms with Gasteiger partial charge in [-0.3, -0.25) is 4.79 Å². The maximum absolute atomic E-state index is 11.0. The number of rotatable bonds is 4. The largest absolute Gasteiger partial charge is 0.480 e. The van der Waals surface area contributed by atoms with Crippen LogP contribution in [0.2, 0.25) is 0 Å². The third-order valence-corrected chi connectivity index (χ3v) is 4.62. The van der Waals surface area contributed by atoms with E-state index in [0.717, 1.165) is 27.6 Å². The number of nitrogens with one attached hydrogen (secondary N) is 1. The molecule has 0 spiro atoms. The zero-order valence-electron chi connectivity index (χ0n) is 13.6. The molecule has 4 aromatic rings. The van der Waals surface area contributed by atoms with Crippen molar-refractivity contribution in [2.75, 3.05) is 0 Å². The molecule has 0 radical (unpaired) electrons. The molecule has 0 unspecified atom stereocenters. The summed E-state index contributed by atoms with van der Waals surface area (Å²) in [4.78, 5) is 14.3. The molecule has 3 aromatic carbocycles. The van der Waals surface area contributed by atoms with Crippen molar-refractivity contribution in [3.05, 3.63) is 72.4 Å². The molecule has 0 saturated carbocycles. The molecule has 0 amide bonds. The molecule has 0 aliphatic heterocycles. The minimum atomic E-state index is -0.986. The second kappa shape index (κ2) is 6.07. The minimum Gasteiger partial charge on any atom is -0.480 e. The number of H-pyrrole nitrogens is 1. The number of hydrogen-bond donors (Lipinski definition) is 3. The van der Waals surface area contributed by atoms with Gasteiger partial charge in [-0.1, -0.05) is 54.6 Å². The first-order chi connectivity index (χ1) is 12.1. The van der Waals surface area contributed by atoms with Crippen molar-refractivity contribution in [3.8, 4) is 11.1 Å². The Balaban J connectivity index is 1.82. The van der Waals surface area contributed by atoms with Crippen LogP contribution in [0.15, 0.2) is 66.9 Å². The summed E-state index contributed by atoms with van der Waals surface area (Å²) < 4.78 is 0. The van der Waals surface area contributed by atoms with E-state index < -0.39 is 12.0 Å². The normalized spacial score (nSPS) is 12.5. The molecule has 1 atom stereocenters. The second-order valence-corrected chi connectivity index (χ2v) is 6.25. The lowest BCUT2D eigenvalue weighted by molar-refractivity contribution is -0.138. The van der Waals surface area contributed by atoms with Gasteiger partial charge in [0.1, 0.15) is 6.04 Å². The Labute approximate surface area is 144 Å². The topological polar surface area (TPSA) is 79.1 Å². The first-order valence-corrected chi connectivity index (χ1v) is 8.20. The maximum atomic E-state index is 11.0. The zero-order chi connectivity index (χ0) is 17.4. The standard InChI is InChI=1S/C21H18N2O2/c22-19(21(24)25)11-16-12-23-20-17(6-3-7-18(16)20)15-9-8-13-4-1-2-5-14(13)10-15/h1-10,12,19,23H,11,22H2,(H,24,25)/t19-/m0/s1. The molecular formula is C21H18N2O2. The molecule has 0 bridgehead atoms. The predicted molar refractivity (Wildman–Crippen MR) is 101 cm³/mol. The van der Waals surface area contributed by atoms with Gasteiger partial charge in [-0.25, -0.2) is 0 Å². The van der Waals surface area contributed by atoms with E-state index in [1.807, 2.05) is 30.5 Å². The van der Waals surface area contributed by atoms with Gasteiger partial charge < -0.3 is 15.8 Å². The molecule has 0 fully saturated rings. The fourth-order valence-corrected chi connectivity index (χ4v) is 3.30. The highest BCUT2D eigenvalue weighted by Crippen LogP contribution is 2.32. The summed E-state index contributed by atoms with van der Waals surface area (Å²) in [6, 6.07) is 19.8. The van der Waals surface area contributed by atoms with Crippen molar-refractivity contribution < 1.29 is 9.90 Å². The molecule has 4 heteroatoms. The SMILES string of the molecule is N[C@@H](Cc1c[nH]c2c(-c3ccc4ccccc4c3)cccc12)C(=O)O. The molecule has 1 aromatic heterocycles. The van der Waals surface area contributed by atoms with E-state index in [1.165, 1.54) is 10.8 Å². The number of aromatic amines is 1. The Morgan fingerprint density at radius 2 is 1.84 bits per heavy atom. The molecule has 0 aliphatic carbocycles. The number of carboxylic acid groups (broad SMARTS) is 1. The number of hydrogen-bond acceptors (Lipinski definition) is 2. The fraction of sp³-hybridized carbons (Fsp3) is 0.0952. The smallest absolute Gasteiger partial charge is 0.320 e. The molecule has 1 heterocycles. The Hall–Kier alpha value is -3.11. The summed E-state index contributed by atoms with van der Waals surface area (Å²) in [6.07, 6.45) is 2.16. The highest BCUT2D eigenvalue weighted by atomic mass is 16.4. The van der Waals surface area contributed by atoms with Gasteiger partial charge in [0.05, 0.1) is 5.52 Å². The van der Waals surface area contributed by atoms with Crippen molar-refractivity contribution in [1.82, 2.24) is 4.98 Å². The van der Waals surface area contributed by atoms with Crippen molar-refractivity contribution in [2.24, 2.45) is 5.73 Å². The Bertz CT molecular complexity index is 1080. The predicted octanol–water partition coefficient (Wildman–Crippen LogP) is 3.94. The fourth-order valence-electron chi connectivity index (χ4n) is 3.30. The lowest BCUT2D eigenvalue weighted by Crippen LogP contribution is -2.32. The van der Waals surface area contributed by atoms with Gasteiger partial charge in [0, 0.05) is 23.6 Å². The van der Waals surface area contributed by atoms with Crippen LogP contribution in [0.25, 0.3) is 32.8 Å². The monoisotopic (exact) mass is 330 g/mol. The van der Waals surface area contributed by atoms with E-state index in [1.54, 1.807) is 0 Å². The molecule has 4 rings (SSSR count). The molecule has 124 valence electrons. The van der Waals surface area contributed by atoms with E-state index in [4.69, 9.17) is 10.8 Å². The number of carbonyl (C=O) groups is 1. The van der Waals surface area contributed by atoms with Gasteiger partial charge in [0.15, 0.2) is 0 Å². The van der Waals surface area contributed by atoms with E-state index in [-0.39, 0.29) is 0 Å². The van der Waals surface area contributed by atoms with Gasteiger partial charge in [-0.2, -0.15) is 0 Å². The molecule has 4 N–H and O–H groups in total. The van der Waals surface area contributed by atoms with Crippen LogP contribution in [-0.2, 0) is 11.2 Å². The van der Waals surface area contributed by atoms with E-state index >= 15 is 0 Å². The van der Waals surface area contributed by atoms with Gasteiger partial charge in [-0.05, 0) is 28.0 Å². The highest BCUT2D eigenvalue weighted by molar-refractivity contribution is 5.98. The number of carboxylic acids is 1. The number of aliphatic carboxylic acids is 1. The van der Waals surface area contributed by atoms with Crippen molar-refractivity contribution in [1.29, 1.82) is 0 Å². The average molecular weight is 330 g/mol. The number of fused-ring (bicyclic) bond motifs is 2. The van der Waals surface area contributed by atoms with Gasteiger partial charge in [0.2, 0.25) is 0 Å². The number of para-hydroxylation sites is 1. The van der Waals surface area contributed by atoms with Gasteiger partial charge in [0.25, 0.3) is 0 Å². The first kappa shape index (κ1) is 15.4. The van der Waals surface area contributed by atoms with Crippen LogP contribution in [-0.4, -0.2) is 22.1 Å². The van der Waals surface area contributed by atoms with Crippen LogP contribution in [0.3, 0.4) is 0 Å². The summed E-state index contributed by atoms with van der Waals surface area (Å²) in [7, 11) is 0. The average Bonchev–Trinajstić information content (AvgIpc) is 3.04. The third-order valence-electron chi connectivity index (χ3n) is 4.62. The van der Waals surface area contributed by atoms with Crippen molar-refractivity contribution >= 4 is 27.6 Å². The highest BCUT2D eigenvalue weighted by Gasteiger charge is 2.16. The second-order valence-electron chi connectivity index (χ2n) is 6.25. The van der Waals surface area contributed by atoms with Crippen LogP contribution in [0.1, 0.15) is 5.56 Å². The van der Waals surface area contributed by atoms with E-state index in [0.29, 0.717) is 6.42 Å². The van der Waals surface area contributed by atoms with Crippen LogP contribution >= 0.6 is 0 Å². The maximum Gasteiger partial charge on any atom is 0.320 e. The van der Waals surface area contributed by atoms with Gasteiger partial charge >= 0.3 is 5.97 Å². The summed E-state index contributed by atoms with van der Waals surface area (Å²) in [5.74, 6) is -0.986. The summed E-state index contributed by atoms with van der Waals surface area (Å²) in [6.45, 7) is 0. The Kier molecular flexibility index (Phi) is 3.75. The molecule has 0 aliphatic rings. The number of benzene rings is 3. The van der Waals surface area contributed by atoms with Crippen molar-refractivity contribution in [3.63, 3.8) is 0 Å². The molecular weight excluding hydrogens is 312 g/mol. The first-order valence-electron chi connectivity index (χ1n) is 8.20. The molecule has 25 heavy (non-hydrogen) atoms. The lowest BCUT2D eigenvalue weighted by Gasteiger charge is -2.07. The minimum absolute atomic E-state index is 0.302. The Morgan fingerprint density at radius 3 is 2.64 bits per heavy atom. The summed E-state index contributed by atoms with van der Waals surface area (Å²) in [5.41, 5.74) is 9.85. The third kappa shape index (κ3) is 2.77. The summed E-state index contributed by atoms with van der Waals surface area (Å²) in [5, 5.41) is 12.5. The molecule has 0 saturated heterocycles. The van der Waals surface area contributed by atoms with E-state index in [2.05, 4.69) is 41.4 Å². The number of nitrogens with two attached hydrogens (primary N) is 1. The zero-order valence-corrected chi connectivity index (χ0v) is 13.6.